The molecule has 3 rings (SSSR count). The van der Waals surface area contributed by atoms with Gasteiger partial charge in [-0.05, 0) is 55.0 Å². The van der Waals surface area contributed by atoms with Gasteiger partial charge in [-0.15, -0.1) is 0 Å². The number of hydrogen-bond donors (Lipinski definition) is 0. The highest BCUT2D eigenvalue weighted by Crippen LogP contribution is 2.21. The molecule has 0 saturated carbocycles. The van der Waals surface area contributed by atoms with Crippen LogP contribution in [-0.2, 0) is 6.54 Å². The van der Waals surface area contributed by atoms with E-state index >= 15 is 0 Å². The zero-order valence-electron chi connectivity index (χ0n) is 11.8. The molecule has 0 saturated heterocycles. The normalized spacial score (nSPS) is 11.1. The number of benzene rings is 2. The summed E-state index contributed by atoms with van der Waals surface area (Å²) in [7, 11) is 0. The van der Waals surface area contributed by atoms with Crippen LogP contribution in [-0.4, -0.2) is 4.57 Å². The molecule has 96 valence electrons. The number of aryl methyl sites for hydroxylation is 3. The highest BCUT2D eigenvalue weighted by molar-refractivity contribution is 5.81. The van der Waals surface area contributed by atoms with Crippen LogP contribution in [0.5, 0.6) is 0 Å². The van der Waals surface area contributed by atoms with Crippen LogP contribution in [0.1, 0.15) is 22.4 Å². The van der Waals surface area contributed by atoms with E-state index in [1.807, 2.05) is 0 Å². The van der Waals surface area contributed by atoms with Crippen molar-refractivity contribution in [2.24, 2.45) is 0 Å². The quantitative estimate of drug-likeness (QED) is 0.625. The standard InChI is InChI=1S/C18H19N/c1-13-8-9-16(10-14(13)2)12-19-15(3)11-17-6-4-5-7-18(17)19/h4-11H,12H2,1-3H3. The lowest BCUT2D eigenvalue weighted by atomic mass is 10.1. The summed E-state index contributed by atoms with van der Waals surface area (Å²) in [5, 5.41) is 1.32. The van der Waals surface area contributed by atoms with Crippen LogP contribution >= 0.6 is 0 Å². The van der Waals surface area contributed by atoms with Crippen LogP contribution in [0.25, 0.3) is 10.9 Å². The smallest absolute Gasteiger partial charge is 0.0485 e. The fourth-order valence-electron chi connectivity index (χ4n) is 2.64. The second kappa shape index (κ2) is 4.58. The van der Waals surface area contributed by atoms with Crippen molar-refractivity contribution in [3.8, 4) is 0 Å². The molecule has 0 N–H and O–H groups in total. The van der Waals surface area contributed by atoms with E-state index in [2.05, 4.69) is 73.9 Å². The third kappa shape index (κ3) is 2.17. The molecule has 0 aliphatic heterocycles. The Balaban J connectivity index is 2.05. The molecule has 0 aliphatic carbocycles. The predicted molar refractivity (Wildman–Crippen MR) is 81.7 cm³/mol. The van der Waals surface area contributed by atoms with Crippen LogP contribution in [0.2, 0.25) is 0 Å². The Kier molecular flexibility index (Phi) is 2.90. The number of hydrogen-bond acceptors (Lipinski definition) is 0. The van der Waals surface area contributed by atoms with Gasteiger partial charge < -0.3 is 4.57 Å². The summed E-state index contributed by atoms with van der Waals surface area (Å²) in [5.74, 6) is 0. The molecule has 1 aromatic heterocycles. The van der Waals surface area contributed by atoms with Crippen LogP contribution in [0.4, 0.5) is 0 Å². The molecule has 0 spiro atoms. The van der Waals surface area contributed by atoms with Gasteiger partial charge in [-0.1, -0.05) is 36.4 Å². The highest BCUT2D eigenvalue weighted by Gasteiger charge is 2.06. The average molecular weight is 249 g/mol. The van der Waals surface area contributed by atoms with E-state index in [4.69, 9.17) is 0 Å². The summed E-state index contributed by atoms with van der Waals surface area (Å²) in [5.41, 5.74) is 6.73. The first kappa shape index (κ1) is 12.0. The third-order valence-corrected chi connectivity index (χ3v) is 3.93. The van der Waals surface area contributed by atoms with Crippen molar-refractivity contribution >= 4 is 10.9 Å². The lowest BCUT2D eigenvalue weighted by Gasteiger charge is -2.10. The van der Waals surface area contributed by atoms with E-state index in [1.165, 1.54) is 33.3 Å². The van der Waals surface area contributed by atoms with Gasteiger partial charge in [0.1, 0.15) is 0 Å². The Labute approximate surface area is 114 Å². The highest BCUT2D eigenvalue weighted by atomic mass is 15.0. The summed E-state index contributed by atoms with van der Waals surface area (Å²) in [6, 6.07) is 17.6. The molecule has 0 aliphatic rings. The molecule has 0 bridgehead atoms. The van der Waals surface area contributed by atoms with Crippen molar-refractivity contribution in [3.05, 3.63) is 70.9 Å². The molecule has 0 unspecified atom stereocenters. The van der Waals surface area contributed by atoms with Crippen molar-refractivity contribution in [3.63, 3.8) is 0 Å². The van der Waals surface area contributed by atoms with Gasteiger partial charge in [0, 0.05) is 17.8 Å². The van der Waals surface area contributed by atoms with Gasteiger partial charge in [-0.3, -0.25) is 0 Å². The molecular weight excluding hydrogens is 230 g/mol. The van der Waals surface area contributed by atoms with Crippen molar-refractivity contribution in [2.45, 2.75) is 27.3 Å². The first-order valence-electron chi connectivity index (χ1n) is 6.76. The van der Waals surface area contributed by atoms with Crippen LogP contribution in [0.15, 0.2) is 48.5 Å². The topological polar surface area (TPSA) is 4.93 Å². The lowest BCUT2D eigenvalue weighted by Crippen LogP contribution is -2.01. The number of para-hydroxylation sites is 1. The predicted octanol–water partition coefficient (Wildman–Crippen LogP) is 4.61. The van der Waals surface area contributed by atoms with E-state index in [0.29, 0.717) is 0 Å². The van der Waals surface area contributed by atoms with Gasteiger partial charge in [0.25, 0.3) is 0 Å². The maximum absolute atomic E-state index is 2.39. The van der Waals surface area contributed by atoms with Gasteiger partial charge >= 0.3 is 0 Å². The Morgan fingerprint density at radius 3 is 2.42 bits per heavy atom. The number of fused-ring (bicyclic) bond motifs is 1. The number of aromatic nitrogens is 1. The molecule has 2 aromatic carbocycles. The van der Waals surface area contributed by atoms with Crippen LogP contribution < -0.4 is 0 Å². The first-order chi connectivity index (χ1) is 9.15. The first-order valence-corrected chi connectivity index (χ1v) is 6.76. The monoisotopic (exact) mass is 249 g/mol. The van der Waals surface area contributed by atoms with Crippen LogP contribution in [0.3, 0.4) is 0 Å². The fraction of sp³-hybridized carbons (Fsp3) is 0.222. The van der Waals surface area contributed by atoms with Gasteiger partial charge in [-0.2, -0.15) is 0 Å². The number of nitrogens with zero attached hydrogens (tertiary/aromatic N) is 1. The van der Waals surface area contributed by atoms with Gasteiger partial charge in [-0.25, -0.2) is 0 Å². The Bertz CT molecular complexity index is 735. The summed E-state index contributed by atoms with van der Waals surface area (Å²) in [6.07, 6.45) is 0. The van der Waals surface area contributed by atoms with E-state index in [0.717, 1.165) is 6.54 Å². The van der Waals surface area contributed by atoms with E-state index in [1.54, 1.807) is 0 Å². The maximum atomic E-state index is 2.39. The Morgan fingerprint density at radius 1 is 0.842 bits per heavy atom. The minimum Gasteiger partial charge on any atom is -0.340 e. The molecule has 0 radical (unpaired) electrons. The zero-order valence-corrected chi connectivity index (χ0v) is 11.8. The fourth-order valence-corrected chi connectivity index (χ4v) is 2.64. The average Bonchev–Trinajstić information content (AvgIpc) is 2.71. The minimum absolute atomic E-state index is 0.945. The summed E-state index contributed by atoms with van der Waals surface area (Å²) in [6.45, 7) is 7.47. The second-order valence-electron chi connectivity index (χ2n) is 5.35. The molecule has 3 aromatic rings. The zero-order chi connectivity index (χ0) is 13.4. The molecule has 1 heterocycles. The molecule has 19 heavy (non-hydrogen) atoms. The van der Waals surface area contributed by atoms with Crippen molar-refractivity contribution in [2.75, 3.05) is 0 Å². The van der Waals surface area contributed by atoms with E-state index in [-0.39, 0.29) is 0 Å². The van der Waals surface area contributed by atoms with Gasteiger partial charge in [0.2, 0.25) is 0 Å². The Morgan fingerprint density at radius 2 is 1.63 bits per heavy atom. The largest absolute Gasteiger partial charge is 0.340 e. The maximum Gasteiger partial charge on any atom is 0.0485 e. The summed E-state index contributed by atoms with van der Waals surface area (Å²) in [4.78, 5) is 0. The van der Waals surface area contributed by atoms with Gasteiger partial charge in [0.15, 0.2) is 0 Å². The minimum atomic E-state index is 0.945. The number of rotatable bonds is 2. The second-order valence-corrected chi connectivity index (χ2v) is 5.35. The van der Waals surface area contributed by atoms with Crippen molar-refractivity contribution < 1.29 is 0 Å². The lowest BCUT2D eigenvalue weighted by molar-refractivity contribution is 0.804. The third-order valence-electron chi connectivity index (χ3n) is 3.93. The summed E-state index contributed by atoms with van der Waals surface area (Å²) >= 11 is 0. The SMILES string of the molecule is Cc1ccc(Cn2c(C)cc3ccccc32)cc1C. The molecule has 1 nitrogen and oxygen atoms in total. The molecule has 0 amide bonds. The molecular formula is C18H19N. The van der Waals surface area contributed by atoms with Crippen molar-refractivity contribution in [1.82, 2.24) is 4.57 Å². The summed E-state index contributed by atoms with van der Waals surface area (Å²) < 4.78 is 2.39. The van der Waals surface area contributed by atoms with Crippen LogP contribution in [0, 0.1) is 20.8 Å². The van der Waals surface area contributed by atoms with E-state index in [9.17, 15) is 0 Å². The molecule has 1 heteroatoms. The van der Waals surface area contributed by atoms with Crippen molar-refractivity contribution in [1.29, 1.82) is 0 Å². The van der Waals surface area contributed by atoms with E-state index < -0.39 is 0 Å². The Hall–Kier alpha value is -2.02. The van der Waals surface area contributed by atoms with Gasteiger partial charge in [0.05, 0.1) is 0 Å². The molecule has 0 atom stereocenters. The molecule has 0 fully saturated rings.